The van der Waals surface area contributed by atoms with E-state index in [9.17, 15) is 4.79 Å². The molecule has 4 rings (SSSR count). The van der Waals surface area contributed by atoms with Crippen molar-refractivity contribution >= 4 is 5.96 Å². The maximum absolute atomic E-state index is 11.9. The molecule has 0 aliphatic carbocycles. The van der Waals surface area contributed by atoms with Crippen molar-refractivity contribution in [3.05, 3.63) is 106 Å². The van der Waals surface area contributed by atoms with Crippen LogP contribution in [0.1, 0.15) is 30.0 Å². The second-order valence-electron chi connectivity index (χ2n) is 8.75. The van der Waals surface area contributed by atoms with Crippen molar-refractivity contribution in [1.82, 2.24) is 20.1 Å². The van der Waals surface area contributed by atoms with Gasteiger partial charge in [0.25, 0.3) is 5.56 Å². The number of hydrogen-bond donors (Lipinski definition) is 2. The molecule has 1 fully saturated rings. The van der Waals surface area contributed by atoms with Gasteiger partial charge in [-0.3, -0.25) is 14.7 Å². The Kier molecular flexibility index (Phi) is 7.58. The van der Waals surface area contributed by atoms with E-state index < -0.39 is 0 Å². The van der Waals surface area contributed by atoms with Crippen molar-refractivity contribution in [2.45, 2.75) is 45.1 Å². The van der Waals surface area contributed by atoms with E-state index in [0.29, 0.717) is 25.2 Å². The van der Waals surface area contributed by atoms with Crippen LogP contribution in [-0.2, 0) is 19.6 Å². The molecule has 2 unspecified atom stereocenters. The van der Waals surface area contributed by atoms with Crippen LogP contribution in [0.2, 0.25) is 0 Å². The Morgan fingerprint density at radius 2 is 1.64 bits per heavy atom. The lowest BCUT2D eigenvalue weighted by Gasteiger charge is -2.21. The van der Waals surface area contributed by atoms with Gasteiger partial charge in [-0.1, -0.05) is 60.7 Å². The Morgan fingerprint density at radius 3 is 2.36 bits per heavy atom. The van der Waals surface area contributed by atoms with Gasteiger partial charge >= 0.3 is 0 Å². The van der Waals surface area contributed by atoms with Crippen molar-refractivity contribution in [3.8, 4) is 0 Å². The lowest BCUT2D eigenvalue weighted by Crippen LogP contribution is -2.44. The Labute approximate surface area is 196 Å². The topological polar surface area (TPSA) is 61.7 Å². The van der Waals surface area contributed by atoms with Crippen LogP contribution < -0.4 is 16.2 Å². The SMILES string of the molecule is CN=C(NCc1ccc(Cn2ccccc2=O)cc1)NC1CC(C)N(Cc2ccccc2)C1. The van der Waals surface area contributed by atoms with Crippen LogP contribution in [0.4, 0.5) is 0 Å². The number of nitrogens with one attached hydrogen (secondary N) is 2. The highest BCUT2D eigenvalue weighted by atomic mass is 16.1. The molecule has 1 aliphatic heterocycles. The molecule has 1 saturated heterocycles. The van der Waals surface area contributed by atoms with Crippen molar-refractivity contribution in [2.24, 2.45) is 4.99 Å². The first-order valence-electron chi connectivity index (χ1n) is 11.6. The molecule has 1 aliphatic rings. The number of aromatic nitrogens is 1. The Bertz CT molecular complexity index is 1110. The predicted molar refractivity (Wildman–Crippen MR) is 134 cm³/mol. The van der Waals surface area contributed by atoms with E-state index in [0.717, 1.165) is 31.0 Å². The summed E-state index contributed by atoms with van der Waals surface area (Å²) in [6.45, 7) is 5.56. The molecule has 172 valence electrons. The number of aliphatic imine (C=N–C) groups is 1. The van der Waals surface area contributed by atoms with Gasteiger partial charge in [0, 0.05) is 51.0 Å². The smallest absolute Gasteiger partial charge is 0.250 e. The molecule has 33 heavy (non-hydrogen) atoms. The molecule has 3 aromatic rings. The Hall–Kier alpha value is -3.38. The van der Waals surface area contributed by atoms with Crippen molar-refractivity contribution in [2.75, 3.05) is 13.6 Å². The van der Waals surface area contributed by atoms with Gasteiger partial charge in [-0.05, 0) is 36.1 Å². The summed E-state index contributed by atoms with van der Waals surface area (Å²) in [6.07, 6.45) is 2.92. The van der Waals surface area contributed by atoms with Crippen LogP contribution in [0.5, 0.6) is 0 Å². The van der Waals surface area contributed by atoms with E-state index in [1.165, 1.54) is 11.1 Å². The van der Waals surface area contributed by atoms with Crippen LogP contribution in [-0.4, -0.2) is 41.1 Å². The van der Waals surface area contributed by atoms with Gasteiger partial charge in [-0.2, -0.15) is 0 Å². The molecule has 6 nitrogen and oxygen atoms in total. The van der Waals surface area contributed by atoms with Gasteiger partial charge in [0.1, 0.15) is 0 Å². The number of hydrogen-bond acceptors (Lipinski definition) is 3. The van der Waals surface area contributed by atoms with Crippen LogP contribution in [0.3, 0.4) is 0 Å². The van der Waals surface area contributed by atoms with Crippen LogP contribution in [0.25, 0.3) is 0 Å². The Balaban J connectivity index is 1.26. The third-order valence-corrected chi connectivity index (χ3v) is 6.23. The molecule has 6 heteroatoms. The zero-order chi connectivity index (χ0) is 23.0. The predicted octanol–water partition coefficient (Wildman–Crippen LogP) is 3.22. The average molecular weight is 444 g/mol. The number of nitrogens with zero attached hydrogens (tertiary/aromatic N) is 3. The van der Waals surface area contributed by atoms with Gasteiger partial charge in [-0.25, -0.2) is 0 Å². The summed E-state index contributed by atoms with van der Waals surface area (Å²) >= 11 is 0. The van der Waals surface area contributed by atoms with Gasteiger partial charge in [-0.15, -0.1) is 0 Å². The second kappa shape index (κ2) is 11.0. The first-order valence-corrected chi connectivity index (χ1v) is 11.6. The molecule has 2 heterocycles. The third kappa shape index (κ3) is 6.33. The van der Waals surface area contributed by atoms with E-state index >= 15 is 0 Å². The molecular formula is C27H33N5O. The highest BCUT2D eigenvalue weighted by Crippen LogP contribution is 2.20. The Morgan fingerprint density at radius 1 is 0.939 bits per heavy atom. The fourth-order valence-corrected chi connectivity index (χ4v) is 4.37. The quantitative estimate of drug-likeness (QED) is 0.435. The zero-order valence-electron chi connectivity index (χ0n) is 19.4. The fraction of sp³-hybridized carbons (Fsp3) is 0.333. The number of pyridine rings is 1. The normalized spacial score (nSPS) is 18.9. The number of rotatable bonds is 7. The summed E-state index contributed by atoms with van der Waals surface area (Å²) in [5, 5.41) is 7.03. The van der Waals surface area contributed by atoms with Gasteiger partial charge in [0.2, 0.25) is 0 Å². The number of benzene rings is 2. The van der Waals surface area contributed by atoms with Gasteiger partial charge < -0.3 is 15.2 Å². The van der Waals surface area contributed by atoms with E-state index in [-0.39, 0.29) is 5.56 Å². The lowest BCUT2D eigenvalue weighted by atomic mass is 10.1. The first kappa shape index (κ1) is 22.8. The summed E-state index contributed by atoms with van der Waals surface area (Å²) in [5.74, 6) is 0.827. The van der Waals surface area contributed by atoms with Crippen LogP contribution >= 0.6 is 0 Å². The first-order chi connectivity index (χ1) is 16.1. The highest BCUT2D eigenvalue weighted by Gasteiger charge is 2.29. The third-order valence-electron chi connectivity index (χ3n) is 6.23. The zero-order valence-corrected chi connectivity index (χ0v) is 19.4. The molecule has 2 atom stereocenters. The number of guanidine groups is 1. The summed E-state index contributed by atoms with van der Waals surface area (Å²) in [6, 6.07) is 25.1. The summed E-state index contributed by atoms with van der Waals surface area (Å²) in [5.41, 5.74) is 3.65. The minimum absolute atomic E-state index is 0.0154. The van der Waals surface area contributed by atoms with E-state index in [2.05, 4.69) is 82.0 Å². The highest BCUT2D eigenvalue weighted by molar-refractivity contribution is 5.80. The standard InChI is InChI=1S/C27H33N5O/c1-21-16-25(20-32(21)19-23-8-4-3-5-9-23)30-27(28-2)29-17-22-11-13-24(14-12-22)18-31-15-7-6-10-26(31)33/h3-15,21,25H,16-20H2,1-2H3,(H2,28,29,30). The van der Waals surface area contributed by atoms with E-state index in [1.54, 1.807) is 16.7 Å². The molecule has 0 saturated carbocycles. The lowest BCUT2D eigenvalue weighted by molar-refractivity contribution is 0.258. The largest absolute Gasteiger partial charge is 0.352 e. The molecule has 1 aromatic heterocycles. The van der Waals surface area contributed by atoms with E-state index in [1.807, 2.05) is 19.3 Å². The van der Waals surface area contributed by atoms with Crippen molar-refractivity contribution in [1.29, 1.82) is 0 Å². The molecule has 2 N–H and O–H groups in total. The molecule has 0 amide bonds. The second-order valence-corrected chi connectivity index (χ2v) is 8.75. The van der Waals surface area contributed by atoms with Gasteiger partial charge in [0.05, 0.1) is 6.54 Å². The minimum Gasteiger partial charge on any atom is -0.352 e. The summed E-state index contributed by atoms with van der Waals surface area (Å²) in [7, 11) is 1.82. The monoisotopic (exact) mass is 443 g/mol. The maximum Gasteiger partial charge on any atom is 0.250 e. The minimum atomic E-state index is 0.0154. The van der Waals surface area contributed by atoms with Crippen LogP contribution in [0, 0.1) is 0 Å². The maximum atomic E-state index is 11.9. The van der Waals surface area contributed by atoms with E-state index in [4.69, 9.17) is 0 Å². The fourth-order valence-electron chi connectivity index (χ4n) is 4.37. The molecular weight excluding hydrogens is 410 g/mol. The average Bonchev–Trinajstić information content (AvgIpc) is 3.18. The van der Waals surface area contributed by atoms with Crippen molar-refractivity contribution < 1.29 is 0 Å². The van der Waals surface area contributed by atoms with Crippen molar-refractivity contribution in [3.63, 3.8) is 0 Å². The molecule has 0 radical (unpaired) electrons. The molecule has 0 bridgehead atoms. The summed E-state index contributed by atoms with van der Waals surface area (Å²) in [4.78, 5) is 18.9. The van der Waals surface area contributed by atoms with Gasteiger partial charge in [0.15, 0.2) is 5.96 Å². The van der Waals surface area contributed by atoms with Crippen LogP contribution in [0.15, 0.2) is 88.8 Å². The summed E-state index contributed by atoms with van der Waals surface area (Å²) < 4.78 is 1.71. The number of likely N-dealkylation sites (tertiary alicyclic amines) is 1. The molecule has 0 spiro atoms. The molecule has 2 aromatic carbocycles.